The van der Waals surface area contributed by atoms with Crippen molar-refractivity contribution in [2.75, 3.05) is 29.9 Å². The third-order valence-corrected chi connectivity index (χ3v) is 6.94. The molecule has 6 nitrogen and oxygen atoms in total. The van der Waals surface area contributed by atoms with Gasteiger partial charge in [-0.15, -0.1) is 0 Å². The van der Waals surface area contributed by atoms with Crippen molar-refractivity contribution in [3.8, 4) is 0 Å². The molecule has 0 atom stereocenters. The molecule has 0 saturated carbocycles. The number of imide groups is 1. The summed E-state index contributed by atoms with van der Waals surface area (Å²) in [6, 6.07) is 13.5. The Kier molecular flexibility index (Phi) is 6.66. The average Bonchev–Trinajstić information content (AvgIpc) is 3.36. The van der Waals surface area contributed by atoms with Gasteiger partial charge in [0, 0.05) is 28.0 Å². The highest BCUT2D eigenvalue weighted by Crippen LogP contribution is 2.33. The van der Waals surface area contributed by atoms with Crippen LogP contribution < -0.4 is 10.2 Å². The molecule has 0 unspecified atom stereocenters. The summed E-state index contributed by atoms with van der Waals surface area (Å²) >= 11 is 3.05. The summed E-state index contributed by atoms with van der Waals surface area (Å²) in [5.74, 6) is -0.841. The van der Waals surface area contributed by atoms with Gasteiger partial charge in [-0.05, 0) is 108 Å². The fourth-order valence-electron chi connectivity index (χ4n) is 3.65. The molecule has 2 fully saturated rings. The summed E-state index contributed by atoms with van der Waals surface area (Å²) in [6.45, 7) is 3.84. The van der Waals surface area contributed by atoms with Gasteiger partial charge in [0.25, 0.3) is 11.1 Å². The molecule has 0 bridgehead atoms. The summed E-state index contributed by atoms with van der Waals surface area (Å²) in [6.07, 6.45) is 4.17. The number of nitrogens with zero attached hydrogens (tertiary/aromatic N) is 2. The van der Waals surface area contributed by atoms with Gasteiger partial charge in [0.05, 0.1) is 4.91 Å². The number of anilines is 2. The monoisotopic (exact) mass is 547 g/mol. The second-order valence-electron chi connectivity index (χ2n) is 7.56. The molecule has 2 saturated heterocycles. The fourth-order valence-corrected chi connectivity index (χ4v) is 4.84. The lowest BCUT2D eigenvalue weighted by atomic mass is 10.1. The smallest absolute Gasteiger partial charge is 0.294 e. The molecule has 4 rings (SSSR count). The van der Waals surface area contributed by atoms with Gasteiger partial charge in [-0.25, -0.2) is 0 Å². The molecular weight excluding hydrogens is 525 g/mol. The summed E-state index contributed by atoms with van der Waals surface area (Å²) in [7, 11) is 0. The Labute approximate surface area is 199 Å². The van der Waals surface area contributed by atoms with Gasteiger partial charge >= 0.3 is 0 Å². The number of rotatable bonds is 5. The predicted molar refractivity (Wildman–Crippen MR) is 133 cm³/mol. The Morgan fingerprint density at radius 3 is 2.52 bits per heavy atom. The highest BCUT2D eigenvalue weighted by atomic mass is 127. The highest BCUT2D eigenvalue weighted by molar-refractivity contribution is 14.1. The van der Waals surface area contributed by atoms with Crippen molar-refractivity contribution in [3.63, 3.8) is 0 Å². The number of carbonyl (C=O) groups is 3. The van der Waals surface area contributed by atoms with E-state index in [9.17, 15) is 14.4 Å². The number of thioether (sulfide) groups is 1. The van der Waals surface area contributed by atoms with E-state index in [4.69, 9.17) is 0 Å². The van der Waals surface area contributed by atoms with Crippen LogP contribution >= 0.6 is 34.4 Å². The van der Waals surface area contributed by atoms with Crippen molar-refractivity contribution in [3.05, 3.63) is 62.1 Å². The van der Waals surface area contributed by atoms with Crippen LogP contribution in [0.3, 0.4) is 0 Å². The number of hydrogen-bond acceptors (Lipinski definition) is 5. The zero-order valence-corrected chi connectivity index (χ0v) is 20.0. The third-order valence-electron chi connectivity index (χ3n) is 5.31. The van der Waals surface area contributed by atoms with E-state index in [1.54, 1.807) is 18.2 Å². The lowest BCUT2D eigenvalue weighted by Gasteiger charge is -2.18. The van der Waals surface area contributed by atoms with Crippen LogP contribution in [-0.2, 0) is 9.59 Å². The third kappa shape index (κ3) is 5.12. The highest BCUT2D eigenvalue weighted by Gasteiger charge is 2.36. The normalized spacial score (nSPS) is 17.7. The van der Waals surface area contributed by atoms with Crippen LogP contribution in [0.1, 0.15) is 24.0 Å². The summed E-state index contributed by atoms with van der Waals surface area (Å²) < 4.78 is 1.05. The molecule has 0 spiro atoms. The van der Waals surface area contributed by atoms with E-state index in [-0.39, 0.29) is 6.54 Å². The van der Waals surface area contributed by atoms with Crippen molar-refractivity contribution in [2.45, 2.75) is 19.8 Å². The van der Waals surface area contributed by atoms with Crippen LogP contribution in [0, 0.1) is 10.5 Å². The largest absolute Gasteiger partial charge is 0.372 e. The molecule has 31 heavy (non-hydrogen) atoms. The molecule has 0 aromatic heterocycles. The Bertz CT molecular complexity index is 1060. The first-order chi connectivity index (χ1) is 14.9. The van der Waals surface area contributed by atoms with Crippen molar-refractivity contribution in [1.82, 2.24) is 4.90 Å². The fraction of sp³-hybridized carbons (Fsp3) is 0.261. The Morgan fingerprint density at radius 1 is 1.13 bits per heavy atom. The first-order valence-corrected chi connectivity index (χ1v) is 12.0. The van der Waals surface area contributed by atoms with Gasteiger partial charge in [0.1, 0.15) is 6.54 Å². The maximum Gasteiger partial charge on any atom is 0.294 e. The van der Waals surface area contributed by atoms with Crippen molar-refractivity contribution < 1.29 is 14.4 Å². The molecule has 2 aromatic carbocycles. The molecule has 0 radical (unpaired) electrons. The van der Waals surface area contributed by atoms with E-state index in [1.165, 1.54) is 18.5 Å². The molecule has 3 amide bonds. The topological polar surface area (TPSA) is 69.7 Å². The van der Waals surface area contributed by atoms with E-state index in [2.05, 4.69) is 44.9 Å². The zero-order valence-electron chi connectivity index (χ0n) is 17.1. The summed E-state index contributed by atoms with van der Waals surface area (Å²) in [5, 5.41) is 2.29. The van der Waals surface area contributed by atoms with E-state index in [1.807, 2.05) is 25.1 Å². The van der Waals surface area contributed by atoms with Crippen molar-refractivity contribution >= 4 is 68.9 Å². The van der Waals surface area contributed by atoms with Gasteiger partial charge < -0.3 is 10.2 Å². The first-order valence-electron chi connectivity index (χ1n) is 10.1. The maximum absolute atomic E-state index is 12.8. The number of benzene rings is 2. The Morgan fingerprint density at radius 2 is 1.84 bits per heavy atom. The van der Waals surface area contributed by atoms with Gasteiger partial charge in [-0.1, -0.05) is 6.07 Å². The van der Waals surface area contributed by atoms with Crippen LogP contribution in [0.4, 0.5) is 16.2 Å². The van der Waals surface area contributed by atoms with E-state index in [0.717, 1.165) is 44.4 Å². The predicted octanol–water partition coefficient (Wildman–Crippen LogP) is 4.87. The standard InChI is InChI=1S/C23H22IN3O3S/c1-15-12-19(26-10-2-3-11-26)9-4-16(15)13-20-22(29)27(23(30)31-20)14-21(28)25-18-7-5-17(24)6-8-18/h4-9,12-13H,2-3,10-11,14H2,1H3,(H,25,28)/b20-13+. The molecule has 2 aliphatic heterocycles. The minimum Gasteiger partial charge on any atom is -0.372 e. The molecule has 2 aromatic rings. The molecular formula is C23H22IN3O3S. The van der Waals surface area contributed by atoms with Crippen LogP contribution in [-0.4, -0.2) is 41.6 Å². The Balaban J connectivity index is 1.44. The molecule has 2 heterocycles. The van der Waals surface area contributed by atoms with Crippen molar-refractivity contribution in [1.29, 1.82) is 0 Å². The minimum atomic E-state index is -0.434. The Hall–Kier alpha value is -2.33. The molecule has 1 N–H and O–H groups in total. The van der Waals surface area contributed by atoms with E-state index < -0.39 is 17.1 Å². The molecule has 2 aliphatic rings. The molecule has 160 valence electrons. The average molecular weight is 547 g/mol. The molecule has 0 aliphatic carbocycles. The lowest BCUT2D eigenvalue weighted by Crippen LogP contribution is -2.36. The van der Waals surface area contributed by atoms with Gasteiger partial charge in [0.2, 0.25) is 5.91 Å². The number of hydrogen-bond donors (Lipinski definition) is 1. The second-order valence-corrected chi connectivity index (χ2v) is 9.80. The maximum atomic E-state index is 12.8. The number of nitrogens with one attached hydrogen (secondary N) is 1. The number of halogens is 1. The van der Waals surface area contributed by atoms with Crippen molar-refractivity contribution in [2.24, 2.45) is 0 Å². The summed E-state index contributed by atoms with van der Waals surface area (Å²) in [4.78, 5) is 41.2. The number of amides is 3. The quantitative estimate of drug-likeness (QED) is 0.427. The van der Waals surface area contributed by atoms with Gasteiger partial charge in [0.15, 0.2) is 0 Å². The summed E-state index contributed by atoms with van der Waals surface area (Å²) in [5.41, 5.74) is 3.76. The molecule has 8 heteroatoms. The number of aryl methyl sites for hydroxylation is 1. The van der Waals surface area contributed by atoms with Crippen LogP contribution in [0.15, 0.2) is 47.4 Å². The number of carbonyl (C=O) groups excluding carboxylic acids is 3. The van der Waals surface area contributed by atoms with E-state index in [0.29, 0.717) is 10.6 Å². The van der Waals surface area contributed by atoms with Crippen LogP contribution in [0.25, 0.3) is 6.08 Å². The minimum absolute atomic E-state index is 0.305. The van der Waals surface area contributed by atoms with Crippen LogP contribution in [0.5, 0.6) is 0 Å². The SMILES string of the molecule is Cc1cc(N2CCCC2)ccc1/C=C1/SC(=O)N(CC(=O)Nc2ccc(I)cc2)C1=O. The van der Waals surface area contributed by atoms with Crippen LogP contribution in [0.2, 0.25) is 0 Å². The van der Waals surface area contributed by atoms with Gasteiger partial charge in [-0.3, -0.25) is 19.3 Å². The second kappa shape index (κ2) is 9.44. The first kappa shape index (κ1) is 21.9. The zero-order chi connectivity index (χ0) is 22.0. The van der Waals surface area contributed by atoms with E-state index >= 15 is 0 Å². The van der Waals surface area contributed by atoms with Gasteiger partial charge in [-0.2, -0.15) is 0 Å². The lowest BCUT2D eigenvalue weighted by molar-refractivity contribution is -0.127.